The molecule has 4 fully saturated rings. The first-order valence-corrected chi connectivity index (χ1v) is 18.5. The fourth-order valence-corrected chi connectivity index (χ4v) is 8.00. The number of likely N-dealkylation sites (tertiary alicyclic amines) is 1. The quantitative estimate of drug-likeness (QED) is 0.216. The molecule has 0 aromatic carbocycles. The third kappa shape index (κ3) is 8.94. The lowest BCUT2D eigenvalue weighted by Crippen LogP contribution is -2.62. The first kappa shape index (κ1) is 36.6. The van der Waals surface area contributed by atoms with Crippen molar-refractivity contribution in [2.75, 3.05) is 19.6 Å². The second kappa shape index (κ2) is 15.9. The number of Topliss-reactive ketones (excluding diaryl/α,β-unsaturated/α-hetero) is 1. The molecule has 0 aromatic rings. The summed E-state index contributed by atoms with van der Waals surface area (Å²) >= 11 is 0. The summed E-state index contributed by atoms with van der Waals surface area (Å²) in [5, 5.41) is 11.5. The molecule has 1 saturated heterocycles. The Bertz CT molecular complexity index is 1350. The van der Waals surface area contributed by atoms with E-state index in [1.165, 1.54) is 6.21 Å². The topological polar surface area (TPSA) is 178 Å². The van der Waals surface area contributed by atoms with Crippen molar-refractivity contribution in [3.05, 3.63) is 0 Å². The molecule has 0 bridgehead atoms. The number of hydrogen-bond donors (Lipinski definition) is 4. The summed E-state index contributed by atoms with van der Waals surface area (Å²) in [6, 6.07) is -3.63. The molecule has 0 radical (unpaired) electrons. The van der Waals surface area contributed by atoms with Crippen molar-refractivity contribution in [2.45, 2.75) is 135 Å². The van der Waals surface area contributed by atoms with Gasteiger partial charge in [0.25, 0.3) is 11.8 Å². The van der Waals surface area contributed by atoms with Gasteiger partial charge in [-0.15, -0.1) is 0 Å². The van der Waals surface area contributed by atoms with Crippen LogP contribution in [0.15, 0.2) is 9.98 Å². The summed E-state index contributed by atoms with van der Waals surface area (Å²) in [6.45, 7) is 8.81. The molecule has 270 valence electrons. The molecule has 3 saturated carbocycles. The van der Waals surface area contributed by atoms with Crippen molar-refractivity contribution in [1.82, 2.24) is 26.2 Å². The molecule has 2 unspecified atom stereocenters. The average molecular weight is 682 g/mol. The molecule has 4 N–H and O–H groups in total. The second-order valence-corrected chi connectivity index (χ2v) is 15.7. The molecule has 5 rings (SSSR count). The summed E-state index contributed by atoms with van der Waals surface area (Å²) in [5.41, 5.74) is -0.542. The average Bonchev–Trinajstić information content (AvgIpc) is 3.65. The Kier molecular flexibility index (Phi) is 11.9. The van der Waals surface area contributed by atoms with E-state index in [-0.39, 0.29) is 35.4 Å². The Labute approximate surface area is 289 Å². The highest BCUT2D eigenvalue weighted by atomic mass is 16.2. The third-order valence-electron chi connectivity index (χ3n) is 10.8. The summed E-state index contributed by atoms with van der Waals surface area (Å²) in [4.78, 5) is 91.8. The number of rotatable bonds is 13. The van der Waals surface area contributed by atoms with Crippen LogP contribution in [0.25, 0.3) is 0 Å². The van der Waals surface area contributed by atoms with Crippen molar-refractivity contribution in [1.29, 1.82) is 0 Å². The van der Waals surface area contributed by atoms with Crippen molar-refractivity contribution < 1.29 is 28.8 Å². The molecule has 13 heteroatoms. The monoisotopic (exact) mass is 681 g/mol. The molecule has 2 heterocycles. The van der Waals surface area contributed by atoms with Crippen LogP contribution in [0.5, 0.6) is 0 Å². The van der Waals surface area contributed by atoms with Crippen LogP contribution >= 0.6 is 0 Å². The first-order valence-electron chi connectivity index (χ1n) is 18.5. The Morgan fingerprint density at radius 1 is 0.898 bits per heavy atom. The van der Waals surface area contributed by atoms with Gasteiger partial charge in [-0.3, -0.25) is 38.8 Å². The molecule has 5 aliphatic rings. The van der Waals surface area contributed by atoms with E-state index < -0.39 is 59.0 Å². The van der Waals surface area contributed by atoms with Gasteiger partial charge in [-0.1, -0.05) is 59.8 Å². The predicted molar refractivity (Wildman–Crippen MR) is 185 cm³/mol. The van der Waals surface area contributed by atoms with E-state index in [9.17, 15) is 28.8 Å². The van der Waals surface area contributed by atoms with Gasteiger partial charge in [-0.25, -0.2) is 0 Å². The Morgan fingerprint density at radius 3 is 2.27 bits per heavy atom. The van der Waals surface area contributed by atoms with Gasteiger partial charge in [0.05, 0.1) is 25.3 Å². The molecule has 0 aromatic heterocycles. The highest BCUT2D eigenvalue weighted by Gasteiger charge is 2.52. The minimum Gasteiger partial charge on any atom is -0.347 e. The number of carbonyl (C=O) groups is 6. The summed E-state index contributed by atoms with van der Waals surface area (Å²) in [7, 11) is 0. The van der Waals surface area contributed by atoms with Crippen LogP contribution in [0.3, 0.4) is 0 Å². The van der Waals surface area contributed by atoms with Gasteiger partial charge in [-0.05, 0) is 68.1 Å². The molecular formula is C36H55N7O6. The number of amides is 5. The van der Waals surface area contributed by atoms with E-state index in [2.05, 4.69) is 31.3 Å². The maximum Gasteiger partial charge on any atom is 0.289 e. The van der Waals surface area contributed by atoms with Crippen molar-refractivity contribution in [3.8, 4) is 0 Å². The van der Waals surface area contributed by atoms with Crippen LogP contribution in [0.4, 0.5) is 0 Å². The smallest absolute Gasteiger partial charge is 0.289 e. The van der Waals surface area contributed by atoms with E-state index in [4.69, 9.17) is 0 Å². The number of aliphatic imine (C=N–C) groups is 2. The lowest BCUT2D eigenvalue weighted by atomic mass is 9.82. The van der Waals surface area contributed by atoms with Gasteiger partial charge < -0.3 is 26.2 Å². The highest BCUT2D eigenvalue weighted by Crippen LogP contribution is 2.43. The Hall–Kier alpha value is -3.64. The predicted octanol–water partition coefficient (Wildman–Crippen LogP) is 1.87. The number of fused-ring (bicyclic) bond motifs is 1. The zero-order chi connectivity index (χ0) is 35.3. The fourth-order valence-electron chi connectivity index (χ4n) is 8.00. The van der Waals surface area contributed by atoms with Crippen LogP contribution in [-0.2, 0) is 28.8 Å². The van der Waals surface area contributed by atoms with Gasteiger partial charge in [0.2, 0.25) is 23.5 Å². The number of nitrogens with zero attached hydrogens (tertiary/aromatic N) is 3. The molecule has 13 nitrogen and oxygen atoms in total. The number of nitrogens with one attached hydrogen (secondary N) is 4. The molecule has 3 aliphatic carbocycles. The Morgan fingerprint density at radius 2 is 1.63 bits per heavy atom. The van der Waals surface area contributed by atoms with Gasteiger partial charge >= 0.3 is 0 Å². The van der Waals surface area contributed by atoms with Crippen molar-refractivity contribution >= 4 is 47.2 Å². The largest absolute Gasteiger partial charge is 0.347 e. The van der Waals surface area contributed by atoms with Crippen LogP contribution in [0, 0.1) is 23.2 Å². The van der Waals surface area contributed by atoms with Crippen molar-refractivity contribution in [2.24, 2.45) is 33.2 Å². The van der Waals surface area contributed by atoms with Crippen molar-refractivity contribution in [3.63, 3.8) is 0 Å². The molecular weight excluding hydrogens is 626 g/mol. The zero-order valence-electron chi connectivity index (χ0n) is 29.6. The lowest BCUT2D eigenvalue weighted by molar-refractivity contribution is -0.146. The highest BCUT2D eigenvalue weighted by molar-refractivity contribution is 6.61. The van der Waals surface area contributed by atoms with Crippen LogP contribution in [0.1, 0.15) is 105 Å². The maximum absolute atomic E-state index is 14.6. The van der Waals surface area contributed by atoms with Gasteiger partial charge in [0.15, 0.2) is 0 Å². The second-order valence-electron chi connectivity index (χ2n) is 15.7. The first-order chi connectivity index (χ1) is 23.4. The number of carbonyl (C=O) groups excluding carboxylic acids is 6. The van der Waals surface area contributed by atoms with Gasteiger partial charge in [0.1, 0.15) is 23.8 Å². The molecule has 6 atom stereocenters. The maximum atomic E-state index is 14.6. The van der Waals surface area contributed by atoms with E-state index in [0.29, 0.717) is 32.5 Å². The standard InChI is InChI=1S/C36H55N7O6/c1-5-10-25(29(44)34(48)39-23-15-16-23)40-33(47)28-24-14-9-13-22(24)20-43(28)35(49)30(36(2,3)4)42-32(46)27(21-11-7-6-8-12-21)41-31(45)26-19-37-17-18-38-26/h19,21-25,27-28,30H,5-18,20H2,1-4H3,(H,39,48)(H,40,47)(H,41,45)(H,42,46)/t22-,24-,25-,27?,28?,30+/m0/s1. The van der Waals surface area contributed by atoms with Gasteiger partial charge in [0, 0.05) is 12.6 Å². The number of hydrogen-bond acceptors (Lipinski definition) is 8. The molecule has 2 aliphatic heterocycles. The number of ketones is 1. The minimum absolute atomic E-state index is 0.0158. The summed E-state index contributed by atoms with van der Waals surface area (Å²) in [6.07, 6.45) is 11.1. The minimum atomic E-state index is -0.983. The fraction of sp³-hybridized carbons (Fsp3) is 0.778. The summed E-state index contributed by atoms with van der Waals surface area (Å²) < 4.78 is 0. The van der Waals surface area contributed by atoms with E-state index in [0.717, 1.165) is 64.2 Å². The van der Waals surface area contributed by atoms with Crippen LogP contribution in [0.2, 0.25) is 0 Å². The van der Waals surface area contributed by atoms with Crippen LogP contribution < -0.4 is 21.3 Å². The third-order valence-corrected chi connectivity index (χ3v) is 10.8. The summed E-state index contributed by atoms with van der Waals surface area (Å²) in [5.74, 6) is -3.08. The zero-order valence-corrected chi connectivity index (χ0v) is 29.6. The molecule has 0 spiro atoms. The van der Waals surface area contributed by atoms with Gasteiger partial charge in [-0.2, -0.15) is 0 Å². The lowest BCUT2D eigenvalue weighted by Gasteiger charge is -2.38. The Balaban J connectivity index is 1.35. The van der Waals surface area contributed by atoms with E-state index in [1.807, 2.05) is 27.7 Å². The normalized spacial score (nSPS) is 25.8. The van der Waals surface area contributed by atoms with Crippen LogP contribution in [-0.4, -0.2) is 102 Å². The van der Waals surface area contributed by atoms with E-state index >= 15 is 0 Å². The molecule has 5 amide bonds. The molecule has 49 heavy (non-hydrogen) atoms. The van der Waals surface area contributed by atoms with E-state index in [1.54, 1.807) is 4.90 Å². The SMILES string of the molecule is CCC[C@H](NC(=O)C1[C@H]2CCC[C@H]2CN1C(=O)[C@@H](NC(=O)C(NC(=O)C1=NCCN=C1)C1CCCCC1)C(C)(C)C)C(=O)C(=O)NC1CC1.